The molecular formula is C14H17ClN2O2. The molecule has 0 radical (unpaired) electrons. The zero-order chi connectivity index (χ0) is 13.8. The van der Waals surface area contributed by atoms with Crippen molar-refractivity contribution in [3.8, 4) is 0 Å². The summed E-state index contributed by atoms with van der Waals surface area (Å²) in [6.45, 7) is 1.90. The first-order valence-electron chi connectivity index (χ1n) is 6.12. The highest BCUT2D eigenvalue weighted by atomic mass is 35.5. The summed E-state index contributed by atoms with van der Waals surface area (Å²) in [5.41, 5.74) is 2.89. The Hall–Kier alpha value is -1.52. The molecule has 1 aliphatic heterocycles. The van der Waals surface area contributed by atoms with Crippen molar-refractivity contribution >= 4 is 29.0 Å². The second-order valence-electron chi connectivity index (χ2n) is 4.55. The second kappa shape index (κ2) is 6.08. The molecule has 0 fully saturated rings. The number of hydrogen-bond donors (Lipinski definition) is 1. The third kappa shape index (κ3) is 3.49. The Bertz CT molecular complexity index is 514. The molecular weight excluding hydrogens is 264 g/mol. The van der Waals surface area contributed by atoms with Gasteiger partial charge < -0.3 is 9.64 Å². The number of ether oxygens (including phenoxy) is 1. The van der Waals surface area contributed by atoms with Crippen molar-refractivity contribution in [1.82, 2.24) is 4.90 Å². The molecule has 2 rings (SSSR count). The molecule has 4 nitrogen and oxygen atoms in total. The van der Waals surface area contributed by atoms with E-state index in [0.717, 1.165) is 30.8 Å². The molecule has 1 amide bonds. The zero-order valence-corrected chi connectivity index (χ0v) is 11.8. The van der Waals surface area contributed by atoms with Crippen LogP contribution < -0.4 is 5.32 Å². The summed E-state index contributed by atoms with van der Waals surface area (Å²) in [6.07, 6.45) is 2.63. The first-order valence-corrected chi connectivity index (χ1v) is 6.50. The third-order valence-electron chi connectivity index (χ3n) is 3.16. The maximum atomic E-state index is 11.4. The molecule has 1 N–H and O–H groups in total. The number of methoxy groups -OCH3 is 1. The normalized spacial score (nSPS) is 15.8. The van der Waals surface area contributed by atoms with Gasteiger partial charge in [-0.25, -0.2) is 4.79 Å². The van der Waals surface area contributed by atoms with E-state index in [2.05, 4.69) is 28.1 Å². The highest BCUT2D eigenvalue weighted by molar-refractivity contribution is 6.30. The van der Waals surface area contributed by atoms with Crippen LogP contribution in [0.2, 0.25) is 5.02 Å². The quantitative estimate of drug-likeness (QED) is 0.904. The van der Waals surface area contributed by atoms with Crippen molar-refractivity contribution in [1.29, 1.82) is 0 Å². The number of nitrogens with zero attached hydrogens (tertiary/aromatic N) is 1. The molecule has 0 spiro atoms. The highest BCUT2D eigenvalue weighted by Crippen LogP contribution is 2.31. The van der Waals surface area contributed by atoms with E-state index in [-0.39, 0.29) is 0 Å². The summed E-state index contributed by atoms with van der Waals surface area (Å²) in [7, 11) is 3.43. The van der Waals surface area contributed by atoms with Crippen molar-refractivity contribution in [2.24, 2.45) is 0 Å². The lowest BCUT2D eigenvalue weighted by Crippen LogP contribution is -2.24. The average Bonchev–Trinajstić information content (AvgIpc) is 2.41. The average molecular weight is 281 g/mol. The molecule has 1 heterocycles. The van der Waals surface area contributed by atoms with E-state index in [1.165, 1.54) is 12.7 Å². The largest absolute Gasteiger partial charge is 0.453 e. The summed E-state index contributed by atoms with van der Waals surface area (Å²) in [5, 5.41) is 3.38. The predicted octanol–water partition coefficient (Wildman–Crippen LogP) is 3.24. The van der Waals surface area contributed by atoms with Gasteiger partial charge in [0.15, 0.2) is 0 Å². The molecule has 19 heavy (non-hydrogen) atoms. The maximum absolute atomic E-state index is 11.4. The van der Waals surface area contributed by atoms with Gasteiger partial charge in [-0.1, -0.05) is 17.7 Å². The van der Waals surface area contributed by atoms with Crippen LogP contribution in [0, 0.1) is 0 Å². The summed E-state index contributed by atoms with van der Waals surface area (Å²) in [5.74, 6) is 0. The topological polar surface area (TPSA) is 41.6 Å². The fourth-order valence-electron chi connectivity index (χ4n) is 2.07. The van der Waals surface area contributed by atoms with Crippen LogP contribution in [0.4, 0.5) is 10.5 Å². The van der Waals surface area contributed by atoms with Gasteiger partial charge in [-0.15, -0.1) is 0 Å². The minimum atomic E-state index is -0.475. The Balaban J connectivity index is 2.32. The fourth-order valence-corrected chi connectivity index (χ4v) is 2.24. The second-order valence-corrected chi connectivity index (χ2v) is 4.98. The standard InChI is InChI=1S/C14H17ClN2O2/c1-17-7-5-10(6-8-17)12-9-11(15)3-4-13(12)16-14(18)19-2/h3-5,9H,6-8H2,1-2H3,(H,16,18). The number of amides is 1. The van der Waals surface area contributed by atoms with Gasteiger partial charge in [0.2, 0.25) is 0 Å². The summed E-state index contributed by atoms with van der Waals surface area (Å²) in [6, 6.07) is 5.43. The number of benzene rings is 1. The predicted molar refractivity (Wildman–Crippen MR) is 77.6 cm³/mol. The molecule has 0 bridgehead atoms. The number of hydrogen-bond acceptors (Lipinski definition) is 3. The van der Waals surface area contributed by atoms with Crippen molar-refractivity contribution in [3.05, 3.63) is 34.9 Å². The van der Waals surface area contributed by atoms with Crippen LogP contribution in [0.1, 0.15) is 12.0 Å². The van der Waals surface area contributed by atoms with Crippen LogP contribution in [0.25, 0.3) is 5.57 Å². The van der Waals surface area contributed by atoms with Gasteiger partial charge >= 0.3 is 6.09 Å². The lowest BCUT2D eigenvalue weighted by Gasteiger charge is -2.23. The maximum Gasteiger partial charge on any atom is 0.411 e. The smallest absolute Gasteiger partial charge is 0.411 e. The van der Waals surface area contributed by atoms with Crippen LogP contribution in [-0.4, -0.2) is 38.2 Å². The lowest BCUT2D eigenvalue weighted by molar-refractivity contribution is 0.187. The molecule has 0 saturated heterocycles. The molecule has 102 valence electrons. The van der Waals surface area contributed by atoms with Crippen molar-refractivity contribution in [2.45, 2.75) is 6.42 Å². The van der Waals surface area contributed by atoms with Crippen LogP contribution >= 0.6 is 11.6 Å². The Morgan fingerprint density at radius 3 is 2.89 bits per heavy atom. The number of anilines is 1. The van der Waals surface area contributed by atoms with Crippen molar-refractivity contribution in [3.63, 3.8) is 0 Å². The molecule has 0 aliphatic carbocycles. The SMILES string of the molecule is COC(=O)Nc1ccc(Cl)cc1C1=CCN(C)CC1. The molecule has 1 aromatic carbocycles. The number of nitrogens with one attached hydrogen (secondary N) is 1. The highest BCUT2D eigenvalue weighted by Gasteiger charge is 2.15. The van der Waals surface area contributed by atoms with Crippen LogP contribution in [0.15, 0.2) is 24.3 Å². The number of rotatable bonds is 2. The first-order chi connectivity index (χ1) is 9.10. The summed E-state index contributed by atoms with van der Waals surface area (Å²) >= 11 is 6.05. The van der Waals surface area contributed by atoms with Crippen molar-refractivity contribution < 1.29 is 9.53 Å². The minimum absolute atomic E-state index is 0.475. The van der Waals surface area contributed by atoms with Crippen LogP contribution in [-0.2, 0) is 4.74 Å². The Labute approximate surface area is 118 Å². The number of likely N-dealkylation sites (N-methyl/N-ethyl adjacent to an activating group) is 1. The van der Waals surface area contributed by atoms with E-state index >= 15 is 0 Å². The monoisotopic (exact) mass is 280 g/mol. The van der Waals surface area contributed by atoms with Gasteiger partial charge in [-0.2, -0.15) is 0 Å². The first kappa shape index (κ1) is 13.9. The van der Waals surface area contributed by atoms with E-state index < -0.39 is 6.09 Å². The van der Waals surface area contributed by atoms with Crippen molar-refractivity contribution in [2.75, 3.05) is 32.6 Å². The Morgan fingerprint density at radius 2 is 2.26 bits per heavy atom. The summed E-state index contributed by atoms with van der Waals surface area (Å²) in [4.78, 5) is 13.6. The molecule has 1 aromatic rings. The van der Waals surface area contributed by atoms with Gasteiger partial charge in [0.1, 0.15) is 0 Å². The molecule has 0 atom stereocenters. The van der Waals surface area contributed by atoms with E-state index in [1.54, 1.807) is 12.1 Å². The van der Waals surface area contributed by atoms with Gasteiger partial charge in [0.05, 0.1) is 12.8 Å². The molecule has 0 saturated carbocycles. The van der Waals surface area contributed by atoms with Crippen LogP contribution in [0.5, 0.6) is 0 Å². The van der Waals surface area contributed by atoms with Gasteiger partial charge in [-0.05, 0) is 37.2 Å². The molecule has 0 aromatic heterocycles. The fraction of sp³-hybridized carbons (Fsp3) is 0.357. The van der Waals surface area contributed by atoms with Gasteiger partial charge in [0, 0.05) is 23.7 Å². The zero-order valence-electron chi connectivity index (χ0n) is 11.1. The molecule has 5 heteroatoms. The van der Waals surface area contributed by atoms with Gasteiger partial charge in [0.25, 0.3) is 0 Å². The lowest BCUT2D eigenvalue weighted by atomic mass is 9.98. The Morgan fingerprint density at radius 1 is 1.47 bits per heavy atom. The number of carbonyl (C=O) groups excluding carboxylic acids is 1. The van der Waals surface area contributed by atoms with Crippen LogP contribution in [0.3, 0.4) is 0 Å². The third-order valence-corrected chi connectivity index (χ3v) is 3.40. The number of halogens is 1. The minimum Gasteiger partial charge on any atom is -0.453 e. The number of carbonyl (C=O) groups is 1. The molecule has 0 unspecified atom stereocenters. The van der Waals surface area contributed by atoms with E-state index in [1.807, 2.05) is 6.07 Å². The van der Waals surface area contributed by atoms with Gasteiger partial charge in [-0.3, -0.25) is 5.32 Å². The van der Waals surface area contributed by atoms with E-state index in [4.69, 9.17) is 11.6 Å². The summed E-state index contributed by atoms with van der Waals surface area (Å²) < 4.78 is 4.63. The van der Waals surface area contributed by atoms with E-state index in [0.29, 0.717) is 5.02 Å². The Kier molecular flexibility index (Phi) is 4.45. The molecule has 1 aliphatic rings. The van der Waals surface area contributed by atoms with E-state index in [9.17, 15) is 4.79 Å².